The van der Waals surface area contributed by atoms with Gasteiger partial charge in [0.1, 0.15) is 6.42 Å². The summed E-state index contributed by atoms with van der Waals surface area (Å²) >= 11 is 3.38. The van der Waals surface area contributed by atoms with Gasteiger partial charge in [-0.3, -0.25) is 4.79 Å². The van der Waals surface area contributed by atoms with Gasteiger partial charge in [-0.25, -0.2) is 0 Å². The minimum absolute atomic E-state index is 0.0232. The first-order valence-corrected chi connectivity index (χ1v) is 6.10. The number of carbonyl (C=O) groups is 1. The van der Waals surface area contributed by atoms with Gasteiger partial charge >= 0.3 is 0 Å². The van der Waals surface area contributed by atoms with Crippen LogP contribution in [-0.4, -0.2) is 5.91 Å². The Kier molecular flexibility index (Phi) is 4.30. The van der Waals surface area contributed by atoms with E-state index >= 15 is 0 Å². The lowest BCUT2D eigenvalue weighted by atomic mass is 9.87. The third-order valence-corrected chi connectivity index (χ3v) is 3.04. The molecule has 90 valence electrons. The predicted octanol–water partition coefficient (Wildman–Crippen LogP) is 3.60. The van der Waals surface area contributed by atoms with Crippen LogP contribution in [0.15, 0.2) is 22.7 Å². The number of nitriles is 1. The molecule has 1 aromatic rings. The van der Waals surface area contributed by atoms with E-state index in [0.29, 0.717) is 5.69 Å². The maximum Gasteiger partial charge on any atom is 0.238 e. The fourth-order valence-corrected chi connectivity index (χ4v) is 1.70. The molecule has 0 aliphatic heterocycles. The zero-order valence-corrected chi connectivity index (χ0v) is 11.8. The Labute approximate surface area is 110 Å². The summed E-state index contributed by atoms with van der Waals surface area (Å²) in [6.07, 6.45) is -0.133. The number of benzene rings is 1. The van der Waals surface area contributed by atoms with E-state index in [1.54, 1.807) is 0 Å². The second kappa shape index (κ2) is 5.33. The van der Waals surface area contributed by atoms with E-state index in [1.807, 2.05) is 24.3 Å². The maximum absolute atomic E-state index is 11.4. The smallest absolute Gasteiger partial charge is 0.238 e. The third kappa shape index (κ3) is 3.86. The van der Waals surface area contributed by atoms with Gasteiger partial charge in [0.15, 0.2) is 0 Å². The Morgan fingerprint density at radius 3 is 2.65 bits per heavy atom. The van der Waals surface area contributed by atoms with Gasteiger partial charge in [0, 0.05) is 4.47 Å². The Bertz CT molecular complexity index is 469. The highest BCUT2D eigenvalue weighted by atomic mass is 79.9. The van der Waals surface area contributed by atoms with E-state index in [-0.39, 0.29) is 17.7 Å². The van der Waals surface area contributed by atoms with Crippen LogP contribution in [0, 0.1) is 11.3 Å². The molecule has 0 unspecified atom stereocenters. The lowest BCUT2D eigenvalue weighted by Gasteiger charge is -2.20. The van der Waals surface area contributed by atoms with E-state index in [0.717, 1.165) is 10.0 Å². The van der Waals surface area contributed by atoms with Gasteiger partial charge in [-0.15, -0.1) is 0 Å². The standard InChI is InChI=1S/C13H15BrN2O/c1-13(2,3)9-4-5-10(14)11(8-9)16-12(17)6-7-15/h4-5,8H,6H2,1-3H3,(H,16,17). The molecule has 0 saturated carbocycles. The van der Waals surface area contributed by atoms with Crippen LogP contribution < -0.4 is 5.32 Å². The van der Waals surface area contributed by atoms with E-state index in [9.17, 15) is 4.79 Å². The van der Waals surface area contributed by atoms with Gasteiger partial charge in [-0.1, -0.05) is 26.8 Å². The minimum atomic E-state index is -0.292. The molecule has 0 spiro atoms. The minimum Gasteiger partial charge on any atom is -0.324 e. The highest BCUT2D eigenvalue weighted by molar-refractivity contribution is 9.10. The lowest BCUT2D eigenvalue weighted by molar-refractivity contribution is -0.115. The molecule has 4 heteroatoms. The molecule has 0 atom stereocenters. The summed E-state index contributed by atoms with van der Waals surface area (Å²) in [4.78, 5) is 11.4. The SMILES string of the molecule is CC(C)(C)c1ccc(Br)c(NC(=O)CC#N)c1. The Morgan fingerprint density at radius 1 is 1.47 bits per heavy atom. The zero-order valence-electron chi connectivity index (χ0n) is 10.2. The average molecular weight is 295 g/mol. The average Bonchev–Trinajstić information content (AvgIpc) is 2.20. The molecule has 0 bridgehead atoms. The third-order valence-electron chi connectivity index (χ3n) is 2.35. The molecule has 0 aromatic heterocycles. The molecule has 0 heterocycles. The highest BCUT2D eigenvalue weighted by Crippen LogP contribution is 2.30. The second-order valence-electron chi connectivity index (χ2n) is 4.83. The van der Waals surface area contributed by atoms with Crippen LogP contribution in [-0.2, 0) is 10.2 Å². The topological polar surface area (TPSA) is 52.9 Å². The van der Waals surface area contributed by atoms with Crippen molar-refractivity contribution in [2.45, 2.75) is 32.6 Å². The van der Waals surface area contributed by atoms with Crippen LogP contribution in [0.3, 0.4) is 0 Å². The van der Waals surface area contributed by atoms with Crippen LogP contribution in [0.5, 0.6) is 0 Å². The number of anilines is 1. The fourth-order valence-electron chi connectivity index (χ4n) is 1.35. The number of nitrogens with zero attached hydrogens (tertiary/aromatic N) is 1. The number of halogens is 1. The fraction of sp³-hybridized carbons (Fsp3) is 0.385. The first-order valence-electron chi connectivity index (χ1n) is 5.31. The quantitative estimate of drug-likeness (QED) is 0.906. The molecule has 0 radical (unpaired) electrons. The van der Waals surface area contributed by atoms with Crippen molar-refractivity contribution in [1.29, 1.82) is 5.26 Å². The number of rotatable bonds is 2. The van der Waals surface area contributed by atoms with Gasteiger partial charge in [-0.05, 0) is 39.0 Å². The Hall–Kier alpha value is -1.34. The van der Waals surface area contributed by atoms with Crippen molar-refractivity contribution in [1.82, 2.24) is 0 Å². The van der Waals surface area contributed by atoms with Crippen LogP contribution in [0.25, 0.3) is 0 Å². The van der Waals surface area contributed by atoms with Crippen molar-refractivity contribution < 1.29 is 4.79 Å². The summed E-state index contributed by atoms with van der Waals surface area (Å²) < 4.78 is 0.816. The molecule has 17 heavy (non-hydrogen) atoms. The molecule has 1 aromatic carbocycles. The number of nitrogens with one attached hydrogen (secondary N) is 1. The molecule has 1 amide bonds. The molecule has 0 saturated heterocycles. The zero-order chi connectivity index (χ0) is 13.1. The van der Waals surface area contributed by atoms with Gasteiger partial charge in [0.05, 0.1) is 11.8 Å². The Morgan fingerprint density at radius 2 is 2.12 bits per heavy atom. The molecule has 1 N–H and O–H groups in total. The van der Waals surface area contributed by atoms with Crippen molar-refractivity contribution in [2.75, 3.05) is 5.32 Å². The molecular formula is C13H15BrN2O. The summed E-state index contributed by atoms with van der Waals surface area (Å²) in [7, 11) is 0. The van der Waals surface area contributed by atoms with Crippen molar-refractivity contribution in [3.8, 4) is 6.07 Å². The Balaban J connectivity index is 3.00. The maximum atomic E-state index is 11.4. The summed E-state index contributed by atoms with van der Waals surface area (Å²) in [5, 5.41) is 11.2. The van der Waals surface area contributed by atoms with E-state index in [2.05, 4.69) is 42.0 Å². The summed E-state index contributed by atoms with van der Waals surface area (Å²) in [5.41, 5.74) is 1.86. The van der Waals surface area contributed by atoms with Crippen molar-refractivity contribution >= 4 is 27.5 Å². The van der Waals surface area contributed by atoms with Crippen LogP contribution in [0.2, 0.25) is 0 Å². The molecule has 3 nitrogen and oxygen atoms in total. The van der Waals surface area contributed by atoms with Crippen LogP contribution in [0.4, 0.5) is 5.69 Å². The number of hydrogen-bond acceptors (Lipinski definition) is 2. The molecule has 0 aliphatic carbocycles. The summed E-state index contributed by atoms with van der Waals surface area (Å²) in [6, 6.07) is 7.68. The molecule has 1 rings (SSSR count). The van der Waals surface area contributed by atoms with Crippen molar-refractivity contribution in [3.63, 3.8) is 0 Å². The van der Waals surface area contributed by atoms with Crippen LogP contribution >= 0.6 is 15.9 Å². The highest BCUT2D eigenvalue weighted by Gasteiger charge is 2.15. The van der Waals surface area contributed by atoms with Gasteiger partial charge < -0.3 is 5.32 Å². The second-order valence-corrected chi connectivity index (χ2v) is 5.68. The van der Waals surface area contributed by atoms with E-state index in [4.69, 9.17) is 5.26 Å². The summed E-state index contributed by atoms with van der Waals surface area (Å²) in [6.45, 7) is 6.32. The van der Waals surface area contributed by atoms with Gasteiger partial charge in [0.2, 0.25) is 5.91 Å². The predicted molar refractivity (Wildman–Crippen MR) is 71.7 cm³/mol. The number of carbonyl (C=O) groups excluding carboxylic acids is 1. The lowest BCUT2D eigenvalue weighted by Crippen LogP contribution is -2.14. The number of hydrogen-bond donors (Lipinski definition) is 1. The normalized spacial score (nSPS) is 10.8. The van der Waals surface area contributed by atoms with Crippen molar-refractivity contribution in [2.24, 2.45) is 0 Å². The first-order chi connectivity index (χ1) is 7.84. The molecular weight excluding hydrogens is 280 g/mol. The first kappa shape index (κ1) is 13.7. The monoisotopic (exact) mass is 294 g/mol. The van der Waals surface area contributed by atoms with E-state index in [1.165, 1.54) is 0 Å². The summed E-state index contributed by atoms with van der Waals surface area (Å²) in [5.74, 6) is -0.292. The molecule has 0 fully saturated rings. The van der Waals surface area contributed by atoms with Crippen molar-refractivity contribution in [3.05, 3.63) is 28.2 Å². The van der Waals surface area contributed by atoms with E-state index < -0.39 is 0 Å². The van der Waals surface area contributed by atoms with Gasteiger partial charge in [0.25, 0.3) is 0 Å². The largest absolute Gasteiger partial charge is 0.324 e. The van der Waals surface area contributed by atoms with Crippen LogP contribution in [0.1, 0.15) is 32.8 Å². The number of amides is 1. The van der Waals surface area contributed by atoms with Gasteiger partial charge in [-0.2, -0.15) is 5.26 Å². The molecule has 0 aliphatic rings.